The van der Waals surface area contributed by atoms with Gasteiger partial charge in [0.15, 0.2) is 0 Å². The molecule has 1 aromatic carbocycles. The third-order valence-corrected chi connectivity index (χ3v) is 5.43. The van der Waals surface area contributed by atoms with Gasteiger partial charge in [-0.15, -0.1) is 11.3 Å². The molecule has 3 nitrogen and oxygen atoms in total. The zero-order valence-electron chi connectivity index (χ0n) is 10.5. The summed E-state index contributed by atoms with van der Waals surface area (Å²) in [5.74, 6) is 0.701. The highest BCUT2D eigenvalue weighted by Gasteiger charge is 2.33. The number of rotatable bonds is 4. The topological polar surface area (TPSA) is 37.8 Å². The maximum absolute atomic E-state index is 6.37. The standard InChI is InChI=1S/C14H12ClN3S2/c15-9-5-6-10-14(18-20-17-10)13(9)16-12(8-3-4-8)11-2-1-7-19-11/h1-2,5-8,12,16H,3-4H2. The Hall–Kier alpha value is -1.17. The van der Waals surface area contributed by atoms with Gasteiger partial charge in [0.2, 0.25) is 0 Å². The van der Waals surface area contributed by atoms with E-state index >= 15 is 0 Å². The van der Waals surface area contributed by atoms with Crippen molar-refractivity contribution in [3.63, 3.8) is 0 Å². The summed E-state index contributed by atoms with van der Waals surface area (Å²) in [4.78, 5) is 1.36. The number of aromatic nitrogens is 2. The summed E-state index contributed by atoms with van der Waals surface area (Å²) in [5.41, 5.74) is 2.70. The van der Waals surface area contributed by atoms with Gasteiger partial charge in [0.1, 0.15) is 11.0 Å². The van der Waals surface area contributed by atoms with Gasteiger partial charge in [0.05, 0.1) is 28.5 Å². The third kappa shape index (κ3) is 2.20. The highest BCUT2D eigenvalue weighted by molar-refractivity contribution is 7.10. The van der Waals surface area contributed by atoms with Gasteiger partial charge in [-0.1, -0.05) is 17.7 Å². The number of nitrogens with zero attached hydrogens (tertiary/aromatic N) is 2. The number of anilines is 1. The average Bonchev–Trinajstić information content (AvgIpc) is 2.96. The summed E-state index contributed by atoms with van der Waals surface area (Å²) in [6.45, 7) is 0. The molecule has 1 saturated carbocycles. The van der Waals surface area contributed by atoms with Gasteiger partial charge in [-0.25, -0.2) is 0 Å². The minimum absolute atomic E-state index is 0.333. The molecule has 1 fully saturated rings. The zero-order valence-corrected chi connectivity index (χ0v) is 12.9. The first-order chi connectivity index (χ1) is 9.83. The number of halogens is 1. The van der Waals surface area contributed by atoms with Crippen molar-refractivity contribution in [1.82, 2.24) is 8.75 Å². The Morgan fingerprint density at radius 2 is 2.15 bits per heavy atom. The van der Waals surface area contributed by atoms with Crippen LogP contribution in [0.2, 0.25) is 5.02 Å². The van der Waals surface area contributed by atoms with Crippen molar-refractivity contribution >= 4 is 51.4 Å². The average molecular weight is 322 g/mol. The summed E-state index contributed by atoms with van der Waals surface area (Å²) in [5, 5.41) is 6.46. The van der Waals surface area contributed by atoms with Crippen LogP contribution in [0.4, 0.5) is 5.69 Å². The van der Waals surface area contributed by atoms with Gasteiger partial charge in [0.25, 0.3) is 0 Å². The van der Waals surface area contributed by atoms with Crippen LogP contribution in [0, 0.1) is 5.92 Å². The molecule has 1 aliphatic carbocycles. The second-order valence-corrected chi connectivity index (χ2v) is 6.94. The molecule has 20 heavy (non-hydrogen) atoms. The van der Waals surface area contributed by atoms with Crippen LogP contribution in [-0.2, 0) is 0 Å². The van der Waals surface area contributed by atoms with Gasteiger partial charge in [-0.05, 0) is 42.3 Å². The normalized spacial score (nSPS) is 16.4. The van der Waals surface area contributed by atoms with Crippen LogP contribution in [0.25, 0.3) is 11.0 Å². The molecule has 0 saturated heterocycles. The van der Waals surface area contributed by atoms with E-state index in [4.69, 9.17) is 11.6 Å². The summed E-state index contributed by atoms with van der Waals surface area (Å²) in [7, 11) is 0. The van der Waals surface area contributed by atoms with Crippen LogP contribution in [0.5, 0.6) is 0 Å². The van der Waals surface area contributed by atoms with Crippen LogP contribution in [0.1, 0.15) is 23.8 Å². The van der Waals surface area contributed by atoms with Crippen LogP contribution in [0.15, 0.2) is 29.6 Å². The molecule has 0 spiro atoms. The van der Waals surface area contributed by atoms with Crippen molar-refractivity contribution in [3.05, 3.63) is 39.5 Å². The fraction of sp³-hybridized carbons (Fsp3) is 0.286. The largest absolute Gasteiger partial charge is 0.374 e. The van der Waals surface area contributed by atoms with Crippen molar-refractivity contribution in [3.8, 4) is 0 Å². The lowest BCUT2D eigenvalue weighted by atomic mass is 10.1. The molecule has 1 atom stereocenters. The van der Waals surface area contributed by atoms with Gasteiger partial charge >= 0.3 is 0 Å². The molecule has 0 amide bonds. The van der Waals surface area contributed by atoms with Crippen LogP contribution in [0.3, 0.4) is 0 Å². The van der Waals surface area contributed by atoms with Crippen molar-refractivity contribution in [2.24, 2.45) is 5.92 Å². The quantitative estimate of drug-likeness (QED) is 0.737. The minimum atomic E-state index is 0.333. The number of thiophene rings is 1. The lowest BCUT2D eigenvalue weighted by Crippen LogP contribution is -2.12. The number of nitrogens with one attached hydrogen (secondary N) is 1. The maximum atomic E-state index is 6.37. The molecule has 2 heterocycles. The number of hydrogen-bond donors (Lipinski definition) is 1. The minimum Gasteiger partial charge on any atom is -0.374 e. The van der Waals surface area contributed by atoms with Gasteiger partial charge in [-0.3, -0.25) is 0 Å². The first-order valence-corrected chi connectivity index (χ1v) is 8.52. The Morgan fingerprint density at radius 1 is 1.25 bits per heavy atom. The Labute approximate surface area is 129 Å². The molecule has 102 valence electrons. The van der Waals surface area contributed by atoms with E-state index in [-0.39, 0.29) is 0 Å². The molecule has 1 unspecified atom stereocenters. The van der Waals surface area contributed by atoms with E-state index in [1.165, 1.54) is 29.4 Å². The summed E-state index contributed by atoms with van der Waals surface area (Å²) in [6.07, 6.45) is 2.55. The Balaban J connectivity index is 1.75. The van der Waals surface area contributed by atoms with E-state index in [1.54, 1.807) is 11.3 Å². The lowest BCUT2D eigenvalue weighted by Gasteiger charge is -2.19. The first kappa shape index (κ1) is 12.6. The first-order valence-electron chi connectivity index (χ1n) is 6.53. The van der Waals surface area contributed by atoms with E-state index in [2.05, 4.69) is 31.6 Å². The Kier molecular flexibility index (Phi) is 3.13. The summed E-state index contributed by atoms with van der Waals surface area (Å²) < 4.78 is 8.67. The van der Waals surface area contributed by atoms with E-state index in [9.17, 15) is 0 Å². The van der Waals surface area contributed by atoms with Crippen molar-refractivity contribution in [2.45, 2.75) is 18.9 Å². The molecule has 1 aliphatic rings. The third-order valence-electron chi connectivity index (χ3n) is 3.62. The van der Waals surface area contributed by atoms with Crippen LogP contribution < -0.4 is 5.32 Å². The Morgan fingerprint density at radius 3 is 2.90 bits per heavy atom. The zero-order chi connectivity index (χ0) is 13.5. The second kappa shape index (κ2) is 4.98. The summed E-state index contributed by atoms with van der Waals surface area (Å²) >= 11 is 9.39. The number of benzene rings is 1. The number of fused-ring (bicyclic) bond motifs is 1. The molecular formula is C14H12ClN3S2. The predicted molar refractivity (Wildman–Crippen MR) is 85.8 cm³/mol. The van der Waals surface area contributed by atoms with Crippen LogP contribution in [-0.4, -0.2) is 8.75 Å². The molecule has 2 aromatic heterocycles. The second-order valence-electron chi connectivity index (χ2n) is 5.03. The molecule has 4 rings (SSSR count). The van der Waals surface area contributed by atoms with Crippen LogP contribution >= 0.6 is 34.7 Å². The number of hydrogen-bond acceptors (Lipinski definition) is 5. The van der Waals surface area contributed by atoms with E-state index in [0.29, 0.717) is 17.0 Å². The highest BCUT2D eigenvalue weighted by atomic mass is 35.5. The van der Waals surface area contributed by atoms with Gasteiger partial charge in [-0.2, -0.15) is 8.75 Å². The molecule has 1 N–H and O–H groups in total. The van der Waals surface area contributed by atoms with E-state index in [0.717, 1.165) is 16.7 Å². The van der Waals surface area contributed by atoms with Gasteiger partial charge < -0.3 is 5.32 Å². The van der Waals surface area contributed by atoms with E-state index in [1.807, 2.05) is 12.1 Å². The Bertz CT molecular complexity index is 734. The highest BCUT2D eigenvalue weighted by Crippen LogP contribution is 2.45. The fourth-order valence-corrected chi connectivity index (χ4v) is 4.06. The SMILES string of the molecule is Clc1ccc2nsnc2c1NC(c1cccs1)C1CC1. The summed E-state index contributed by atoms with van der Waals surface area (Å²) in [6, 6.07) is 8.44. The molecule has 0 aliphatic heterocycles. The monoisotopic (exact) mass is 321 g/mol. The predicted octanol–water partition coefficient (Wildman–Crippen LogP) is 4.97. The molecule has 0 bridgehead atoms. The fourth-order valence-electron chi connectivity index (χ4n) is 2.44. The smallest absolute Gasteiger partial charge is 0.129 e. The van der Waals surface area contributed by atoms with Crippen molar-refractivity contribution in [1.29, 1.82) is 0 Å². The van der Waals surface area contributed by atoms with Crippen molar-refractivity contribution < 1.29 is 0 Å². The molecule has 3 aromatic rings. The van der Waals surface area contributed by atoms with Crippen molar-refractivity contribution in [2.75, 3.05) is 5.32 Å². The molecule has 0 radical (unpaired) electrons. The molecule has 6 heteroatoms. The van der Waals surface area contributed by atoms with Gasteiger partial charge in [0, 0.05) is 4.88 Å². The van der Waals surface area contributed by atoms with E-state index < -0.39 is 0 Å². The molecular weight excluding hydrogens is 310 g/mol. The lowest BCUT2D eigenvalue weighted by molar-refractivity contribution is 0.692. The maximum Gasteiger partial charge on any atom is 0.129 e.